The predicted molar refractivity (Wildman–Crippen MR) is 92.9 cm³/mol. The van der Waals surface area contributed by atoms with Gasteiger partial charge in [-0.15, -0.1) is 0 Å². The monoisotopic (exact) mass is 357 g/mol. The Balaban J connectivity index is 1.80. The summed E-state index contributed by atoms with van der Waals surface area (Å²) in [6.07, 6.45) is 0. The maximum absolute atomic E-state index is 12.1. The number of rotatable bonds is 4. The molecule has 0 saturated carbocycles. The van der Waals surface area contributed by atoms with Gasteiger partial charge in [-0.25, -0.2) is 0 Å². The summed E-state index contributed by atoms with van der Waals surface area (Å²) < 4.78 is 0. The van der Waals surface area contributed by atoms with Gasteiger partial charge in [0.05, 0.1) is 16.6 Å². The third-order valence-corrected chi connectivity index (χ3v) is 4.49. The molecule has 0 bridgehead atoms. The minimum Gasteiger partial charge on any atom is -0.340 e. The van der Waals surface area contributed by atoms with E-state index in [0.717, 1.165) is 0 Å². The lowest BCUT2D eigenvalue weighted by Gasteiger charge is -2.35. The van der Waals surface area contributed by atoms with E-state index in [1.165, 1.54) is 0 Å². The molecular weight excluding hydrogens is 337 g/mol. The summed E-state index contributed by atoms with van der Waals surface area (Å²) in [4.78, 5) is 27.9. The molecule has 1 aromatic carbocycles. The van der Waals surface area contributed by atoms with E-state index < -0.39 is 0 Å². The number of halogens is 2. The number of hydrogen-bond acceptors (Lipinski definition) is 3. The van der Waals surface area contributed by atoms with Crippen LogP contribution in [0.2, 0.25) is 10.0 Å². The van der Waals surface area contributed by atoms with Crippen LogP contribution < -0.4 is 5.32 Å². The third kappa shape index (κ3) is 5.09. The summed E-state index contributed by atoms with van der Waals surface area (Å²) in [7, 11) is 0. The minimum absolute atomic E-state index is 0.0134. The Bertz CT molecular complexity index is 585. The van der Waals surface area contributed by atoms with Crippen LogP contribution >= 0.6 is 23.2 Å². The molecule has 7 heteroatoms. The third-order valence-electron chi connectivity index (χ3n) is 3.75. The number of amides is 2. The number of benzene rings is 1. The van der Waals surface area contributed by atoms with Crippen LogP contribution in [0.3, 0.4) is 0 Å². The molecule has 2 amide bonds. The SMILES string of the molecule is CC(C)C(=O)N1CCN(CC(=O)Nc2ccc(Cl)c(Cl)c2)CC1. The molecule has 0 radical (unpaired) electrons. The second-order valence-electron chi connectivity index (χ2n) is 5.93. The van der Waals surface area contributed by atoms with Crippen LogP contribution in [0.4, 0.5) is 5.69 Å². The fraction of sp³-hybridized carbons (Fsp3) is 0.500. The second-order valence-corrected chi connectivity index (χ2v) is 6.75. The normalized spacial score (nSPS) is 15.8. The summed E-state index contributed by atoms with van der Waals surface area (Å²) in [5.41, 5.74) is 0.623. The van der Waals surface area contributed by atoms with E-state index in [1.807, 2.05) is 23.6 Å². The largest absolute Gasteiger partial charge is 0.340 e. The zero-order valence-corrected chi connectivity index (χ0v) is 14.8. The Kier molecular flexibility index (Phi) is 6.27. The fourth-order valence-electron chi connectivity index (χ4n) is 2.47. The highest BCUT2D eigenvalue weighted by atomic mass is 35.5. The Hall–Kier alpha value is -1.30. The maximum atomic E-state index is 12.1. The van der Waals surface area contributed by atoms with Crippen LogP contribution in [0.25, 0.3) is 0 Å². The molecule has 2 rings (SSSR count). The lowest BCUT2D eigenvalue weighted by atomic mass is 10.1. The first-order chi connectivity index (χ1) is 10.9. The zero-order chi connectivity index (χ0) is 17.0. The van der Waals surface area contributed by atoms with E-state index in [0.29, 0.717) is 48.5 Å². The number of carbonyl (C=O) groups excluding carboxylic acids is 2. The molecule has 1 fully saturated rings. The highest BCUT2D eigenvalue weighted by Crippen LogP contribution is 2.24. The number of anilines is 1. The summed E-state index contributed by atoms with van der Waals surface area (Å²) in [6, 6.07) is 4.99. The van der Waals surface area contributed by atoms with Crippen molar-refractivity contribution in [1.29, 1.82) is 0 Å². The zero-order valence-electron chi connectivity index (χ0n) is 13.3. The van der Waals surface area contributed by atoms with Gasteiger partial charge >= 0.3 is 0 Å². The Labute approximate surface area is 146 Å². The first kappa shape index (κ1) is 18.0. The number of carbonyl (C=O) groups is 2. The molecule has 5 nitrogen and oxygen atoms in total. The van der Waals surface area contributed by atoms with Crippen LogP contribution in [0.1, 0.15) is 13.8 Å². The number of hydrogen-bond donors (Lipinski definition) is 1. The van der Waals surface area contributed by atoms with Gasteiger partial charge in [0, 0.05) is 37.8 Å². The van der Waals surface area contributed by atoms with Gasteiger partial charge in [-0.05, 0) is 18.2 Å². The lowest BCUT2D eigenvalue weighted by Crippen LogP contribution is -2.51. The Morgan fingerprint density at radius 1 is 1.13 bits per heavy atom. The van der Waals surface area contributed by atoms with E-state index in [4.69, 9.17) is 23.2 Å². The van der Waals surface area contributed by atoms with Crippen molar-refractivity contribution in [2.45, 2.75) is 13.8 Å². The first-order valence-corrected chi connectivity index (χ1v) is 8.38. The molecule has 0 spiro atoms. The molecule has 1 aromatic rings. The number of piperazine rings is 1. The topological polar surface area (TPSA) is 52.7 Å². The van der Waals surface area contributed by atoms with Crippen molar-refractivity contribution in [3.8, 4) is 0 Å². The van der Waals surface area contributed by atoms with Crippen molar-refractivity contribution in [3.63, 3.8) is 0 Å². The van der Waals surface area contributed by atoms with Crippen LogP contribution in [-0.2, 0) is 9.59 Å². The molecule has 1 saturated heterocycles. The average Bonchev–Trinajstić information content (AvgIpc) is 2.51. The van der Waals surface area contributed by atoms with Gasteiger partial charge in [0.25, 0.3) is 0 Å². The van der Waals surface area contributed by atoms with Crippen LogP contribution in [0.5, 0.6) is 0 Å². The van der Waals surface area contributed by atoms with Crippen LogP contribution in [-0.4, -0.2) is 54.3 Å². The summed E-state index contributed by atoms with van der Waals surface area (Å²) in [6.45, 7) is 6.83. The molecule has 0 atom stereocenters. The van der Waals surface area contributed by atoms with Crippen molar-refractivity contribution < 1.29 is 9.59 Å². The predicted octanol–water partition coefficient (Wildman–Crippen LogP) is 2.73. The molecule has 0 unspecified atom stereocenters. The van der Waals surface area contributed by atoms with Gasteiger partial charge in [-0.2, -0.15) is 0 Å². The van der Waals surface area contributed by atoms with Gasteiger partial charge in [0.1, 0.15) is 0 Å². The average molecular weight is 358 g/mol. The Morgan fingerprint density at radius 3 is 2.35 bits per heavy atom. The van der Waals surface area contributed by atoms with Gasteiger partial charge in [-0.3, -0.25) is 14.5 Å². The number of nitrogens with one attached hydrogen (secondary N) is 1. The lowest BCUT2D eigenvalue weighted by molar-refractivity contribution is -0.136. The van der Waals surface area contributed by atoms with E-state index in [9.17, 15) is 9.59 Å². The maximum Gasteiger partial charge on any atom is 0.238 e. The first-order valence-electron chi connectivity index (χ1n) is 7.63. The van der Waals surface area contributed by atoms with Gasteiger partial charge in [0.15, 0.2) is 0 Å². The van der Waals surface area contributed by atoms with Crippen molar-refractivity contribution >= 4 is 40.7 Å². The quantitative estimate of drug-likeness (QED) is 0.901. The molecule has 126 valence electrons. The molecule has 1 heterocycles. The van der Waals surface area contributed by atoms with Crippen molar-refractivity contribution in [2.24, 2.45) is 5.92 Å². The molecule has 0 aliphatic carbocycles. The Morgan fingerprint density at radius 2 is 1.78 bits per heavy atom. The molecular formula is C16H21Cl2N3O2. The van der Waals surface area contributed by atoms with Gasteiger partial charge in [0.2, 0.25) is 11.8 Å². The van der Waals surface area contributed by atoms with Crippen LogP contribution in [0, 0.1) is 5.92 Å². The highest BCUT2D eigenvalue weighted by molar-refractivity contribution is 6.42. The van der Waals surface area contributed by atoms with Crippen molar-refractivity contribution in [2.75, 3.05) is 38.0 Å². The van der Waals surface area contributed by atoms with Crippen molar-refractivity contribution in [1.82, 2.24) is 9.80 Å². The number of nitrogens with zero attached hydrogens (tertiary/aromatic N) is 2. The summed E-state index contributed by atoms with van der Waals surface area (Å²) in [5, 5.41) is 3.67. The highest BCUT2D eigenvalue weighted by Gasteiger charge is 2.23. The van der Waals surface area contributed by atoms with Gasteiger partial charge < -0.3 is 10.2 Å². The minimum atomic E-state index is -0.105. The van der Waals surface area contributed by atoms with Crippen molar-refractivity contribution in [3.05, 3.63) is 28.2 Å². The fourth-order valence-corrected chi connectivity index (χ4v) is 2.77. The molecule has 0 aromatic heterocycles. The van der Waals surface area contributed by atoms with Crippen LogP contribution in [0.15, 0.2) is 18.2 Å². The molecule has 1 aliphatic heterocycles. The molecule has 1 N–H and O–H groups in total. The van der Waals surface area contributed by atoms with E-state index in [-0.39, 0.29) is 17.7 Å². The molecule has 23 heavy (non-hydrogen) atoms. The smallest absolute Gasteiger partial charge is 0.238 e. The van der Waals surface area contributed by atoms with E-state index in [2.05, 4.69) is 5.32 Å². The standard InChI is InChI=1S/C16H21Cl2N3O2/c1-11(2)16(23)21-7-5-20(6-8-21)10-15(22)19-12-3-4-13(17)14(18)9-12/h3-4,9,11H,5-8,10H2,1-2H3,(H,19,22). The van der Waals surface area contributed by atoms with E-state index >= 15 is 0 Å². The summed E-state index contributed by atoms with van der Waals surface area (Å²) >= 11 is 11.8. The van der Waals surface area contributed by atoms with E-state index in [1.54, 1.807) is 18.2 Å². The summed E-state index contributed by atoms with van der Waals surface area (Å²) in [5.74, 6) is 0.0800. The van der Waals surface area contributed by atoms with Gasteiger partial charge in [-0.1, -0.05) is 37.0 Å². The molecule has 1 aliphatic rings. The second kappa shape index (κ2) is 7.99.